The summed E-state index contributed by atoms with van der Waals surface area (Å²) in [6, 6.07) is 2.15. The standard InChI is InChI=1S/C22H31N3O2/c1-16(11-23)8-9-19(4)25-14-18(3)17(2)12-24-13-21(15-25)10-22(27-7)20(5)26-6/h8-10,12,14,17H,13,15H2,1-7H3/b16-8+,18-14-,19-9+,21-10+,22-20-,24-12?. The number of allylic oxidation sites excluding steroid dienone is 7. The molecule has 0 N–H and O–H groups in total. The van der Waals surface area contributed by atoms with Gasteiger partial charge in [-0.25, -0.2) is 0 Å². The van der Waals surface area contributed by atoms with E-state index in [9.17, 15) is 0 Å². The van der Waals surface area contributed by atoms with Crippen LogP contribution in [0.2, 0.25) is 0 Å². The Morgan fingerprint density at radius 1 is 1.26 bits per heavy atom. The molecule has 1 heterocycles. The Kier molecular flexibility index (Phi) is 9.15. The molecule has 0 radical (unpaired) electrons. The van der Waals surface area contributed by atoms with E-state index in [1.165, 1.54) is 5.57 Å². The van der Waals surface area contributed by atoms with E-state index in [0.717, 1.165) is 17.0 Å². The van der Waals surface area contributed by atoms with Gasteiger partial charge < -0.3 is 14.4 Å². The van der Waals surface area contributed by atoms with Gasteiger partial charge in [-0.3, -0.25) is 4.99 Å². The Morgan fingerprint density at radius 2 is 1.96 bits per heavy atom. The van der Waals surface area contributed by atoms with Crippen LogP contribution in [0.5, 0.6) is 0 Å². The number of nitriles is 1. The van der Waals surface area contributed by atoms with Crippen LogP contribution >= 0.6 is 0 Å². The summed E-state index contributed by atoms with van der Waals surface area (Å²) in [6.07, 6.45) is 9.94. The third-order valence-electron chi connectivity index (χ3n) is 4.49. The second-order valence-electron chi connectivity index (χ2n) is 6.68. The van der Waals surface area contributed by atoms with Gasteiger partial charge in [-0.2, -0.15) is 5.26 Å². The fraction of sp³-hybridized carbons (Fsp3) is 0.455. The summed E-state index contributed by atoms with van der Waals surface area (Å²) >= 11 is 0. The van der Waals surface area contributed by atoms with Gasteiger partial charge in [0.1, 0.15) is 5.76 Å². The van der Waals surface area contributed by atoms with E-state index in [4.69, 9.17) is 14.7 Å². The van der Waals surface area contributed by atoms with Crippen LogP contribution in [0, 0.1) is 17.2 Å². The van der Waals surface area contributed by atoms with Crippen LogP contribution in [0.25, 0.3) is 0 Å². The first-order chi connectivity index (χ1) is 12.8. The van der Waals surface area contributed by atoms with Crippen molar-refractivity contribution >= 4 is 6.21 Å². The highest BCUT2D eigenvalue weighted by Crippen LogP contribution is 2.19. The average Bonchev–Trinajstić information content (AvgIpc) is 2.73. The van der Waals surface area contributed by atoms with Crippen molar-refractivity contribution in [1.29, 1.82) is 5.26 Å². The highest BCUT2D eigenvalue weighted by atomic mass is 16.5. The third kappa shape index (κ3) is 7.18. The first-order valence-corrected chi connectivity index (χ1v) is 9.00. The molecule has 1 aliphatic heterocycles. The maximum Gasteiger partial charge on any atom is 0.156 e. The van der Waals surface area contributed by atoms with Gasteiger partial charge in [-0.1, -0.05) is 6.92 Å². The van der Waals surface area contributed by atoms with Crippen molar-refractivity contribution in [1.82, 2.24) is 4.90 Å². The molecule has 0 saturated carbocycles. The third-order valence-corrected chi connectivity index (χ3v) is 4.49. The van der Waals surface area contributed by atoms with Gasteiger partial charge in [0, 0.05) is 36.1 Å². The lowest BCUT2D eigenvalue weighted by Gasteiger charge is -2.24. The van der Waals surface area contributed by atoms with Crippen LogP contribution in [-0.4, -0.2) is 38.4 Å². The van der Waals surface area contributed by atoms with Gasteiger partial charge >= 0.3 is 0 Å². The zero-order valence-electron chi connectivity index (χ0n) is 17.5. The van der Waals surface area contributed by atoms with Gasteiger partial charge in [0.15, 0.2) is 5.76 Å². The molecule has 5 nitrogen and oxygen atoms in total. The first kappa shape index (κ1) is 22.3. The van der Waals surface area contributed by atoms with Crippen molar-refractivity contribution in [2.24, 2.45) is 10.9 Å². The lowest BCUT2D eigenvalue weighted by atomic mass is 10.1. The highest BCUT2D eigenvalue weighted by molar-refractivity contribution is 5.64. The van der Waals surface area contributed by atoms with Crippen molar-refractivity contribution in [3.8, 4) is 6.07 Å². The molecule has 0 aromatic rings. The van der Waals surface area contributed by atoms with Gasteiger partial charge in [0.25, 0.3) is 0 Å². The predicted octanol–water partition coefficient (Wildman–Crippen LogP) is 4.74. The number of methoxy groups -OCH3 is 2. The summed E-state index contributed by atoms with van der Waals surface area (Å²) in [5, 5.41) is 8.97. The molecule has 0 amide bonds. The minimum absolute atomic E-state index is 0.259. The molecule has 0 saturated heterocycles. The Hall–Kier alpha value is -2.74. The smallest absolute Gasteiger partial charge is 0.156 e. The van der Waals surface area contributed by atoms with Gasteiger partial charge in [0.05, 0.1) is 26.8 Å². The molecule has 27 heavy (non-hydrogen) atoms. The van der Waals surface area contributed by atoms with E-state index < -0.39 is 0 Å². The number of nitrogens with zero attached hydrogens (tertiary/aromatic N) is 3. The molecule has 0 aromatic heterocycles. The molecule has 5 heteroatoms. The molecular weight excluding hydrogens is 338 g/mol. The first-order valence-electron chi connectivity index (χ1n) is 9.00. The molecule has 0 aliphatic carbocycles. The largest absolute Gasteiger partial charge is 0.498 e. The Labute approximate surface area is 163 Å². The molecule has 0 bridgehead atoms. The normalized spacial score (nSPS) is 23.5. The molecule has 0 aromatic carbocycles. The van der Waals surface area contributed by atoms with E-state index in [2.05, 4.69) is 36.0 Å². The lowest BCUT2D eigenvalue weighted by Crippen LogP contribution is -2.20. The fourth-order valence-corrected chi connectivity index (χ4v) is 2.41. The molecule has 1 rings (SSSR count). The second kappa shape index (κ2) is 11.1. The predicted molar refractivity (Wildman–Crippen MR) is 111 cm³/mol. The summed E-state index contributed by atoms with van der Waals surface area (Å²) in [6.45, 7) is 11.2. The molecule has 1 unspecified atom stereocenters. The van der Waals surface area contributed by atoms with Crippen molar-refractivity contribution < 1.29 is 9.47 Å². The van der Waals surface area contributed by atoms with Crippen molar-refractivity contribution in [2.75, 3.05) is 27.3 Å². The average molecular weight is 370 g/mol. The SMILES string of the molecule is CO/C(C)=C(/C=C1\CN=CC(C)/C(C)=C\N(/C(C)=C/C=C(\C)C#N)C1)OC. The van der Waals surface area contributed by atoms with E-state index in [-0.39, 0.29) is 5.92 Å². The van der Waals surface area contributed by atoms with Crippen molar-refractivity contribution in [3.63, 3.8) is 0 Å². The van der Waals surface area contributed by atoms with Crippen LogP contribution in [0.15, 0.2) is 63.4 Å². The van der Waals surface area contributed by atoms with Gasteiger partial charge in [0.2, 0.25) is 0 Å². The summed E-state index contributed by atoms with van der Waals surface area (Å²) in [4.78, 5) is 6.79. The van der Waals surface area contributed by atoms with E-state index in [1.807, 2.05) is 38.3 Å². The van der Waals surface area contributed by atoms with Gasteiger partial charge in [-0.05, 0) is 57.1 Å². The number of aliphatic imine (C=N–C) groups is 1. The van der Waals surface area contributed by atoms with Crippen molar-refractivity contribution in [2.45, 2.75) is 34.6 Å². The molecule has 0 fully saturated rings. The maximum atomic E-state index is 8.97. The quantitative estimate of drug-likeness (QED) is 0.399. The van der Waals surface area contributed by atoms with E-state index in [1.54, 1.807) is 21.1 Å². The fourth-order valence-electron chi connectivity index (χ4n) is 2.41. The van der Waals surface area contributed by atoms with Crippen LogP contribution in [0.3, 0.4) is 0 Å². The Balaban J connectivity index is 3.34. The van der Waals surface area contributed by atoms with E-state index in [0.29, 0.717) is 24.4 Å². The second-order valence-corrected chi connectivity index (χ2v) is 6.68. The number of rotatable bonds is 5. The molecule has 146 valence electrons. The van der Waals surface area contributed by atoms with Crippen LogP contribution in [0.1, 0.15) is 34.6 Å². The minimum Gasteiger partial charge on any atom is -0.498 e. The number of hydrogen-bond donors (Lipinski definition) is 0. The van der Waals surface area contributed by atoms with Gasteiger partial charge in [-0.15, -0.1) is 0 Å². The topological polar surface area (TPSA) is 57.8 Å². The Bertz CT molecular complexity index is 746. The molecule has 1 atom stereocenters. The van der Waals surface area contributed by atoms with Crippen LogP contribution < -0.4 is 0 Å². The number of hydrogen-bond acceptors (Lipinski definition) is 5. The minimum atomic E-state index is 0.259. The molecular formula is C22H31N3O2. The Morgan fingerprint density at radius 3 is 2.56 bits per heavy atom. The summed E-state index contributed by atoms with van der Waals surface area (Å²) < 4.78 is 10.8. The van der Waals surface area contributed by atoms with E-state index >= 15 is 0 Å². The number of ether oxygens (including phenoxy) is 2. The highest BCUT2D eigenvalue weighted by Gasteiger charge is 2.13. The molecule has 1 aliphatic rings. The summed E-state index contributed by atoms with van der Waals surface area (Å²) in [5.41, 5.74) is 4.05. The maximum absolute atomic E-state index is 8.97. The van der Waals surface area contributed by atoms with Crippen LogP contribution in [-0.2, 0) is 9.47 Å². The van der Waals surface area contributed by atoms with Crippen LogP contribution in [0.4, 0.5) is 0 Å². The van der Waals surface area contributed by atoms with Crippen molar-refractivity contribution in [3.05, 3.63) is 58.4 Å². The summed E-state index contributed by atoms with van der Waals surface area (Å²) in [7, 11) is 3.27. The summed E-state index contributed by atoms with van der Waals surface area (Å²) in [5.74, 6) is 1.67. The monoisotopic (exact) mass is 369 g/mol. The lowest BCUT2D eigenvalue weighted by molar-refractivity contribution is 0.232. The zero-order valence-corrected chi connectivity index (χ0v) is 17.5. The molecule has 0 spiro atoms. The zero-order chi connectivity index (χ0) is 20.4.